The van der Waals surface area contributed by atoms with Gasteiger partial charge >= 0.3 is 5.97 Å². The van der Waals surface area contributed by atoms with E-state index in [1.54, 1.807) is 17.5 Å². The SMILES string of the molecule is NC(Cc1cn[nH]c1-c1cccs1)C(=O)O. The van der Waals surface area contributed by atoms with Crippen LogP contribution in [0.5, 0.6) is 0 Å². The number of thiophene rings is 1. The summed E-state index contributed by atoms with van der Waals surface area (Å²) in [6.07, 6.45) is 1.90. The normalized spacial score (nSPS) is 12.6. The molecular weight excluding hydrogens is 226 g/mol. The van der Waals surface area contributed by atoms with Crippen molar-refractivity contribution >= 4 is 17.3 Å². The van der Waals surface area contributed by atoms with Crippen LogP contribution in [0.25, 0.3) is 10.6 Å². The van der Waals surface area contributed by atoms with Crippen molar-refractivity contribution < 1.29 is 9.90 Å². The van der Waals surface area contributed by atoms with E-state index in [0.717, 1.165) is 16.1 Å². The molecule has 0 spiro atoms. The van der Waals surface area contributed by atoms with Gasteiger partial charge in [-0.3, -0.25) is 9.89 Å². The van der Waals surface area contributed by atoms with Gasteiger partial charge in [0.05, 0.1) is 16.8 Å². The zero-order chi connectivity index (χ0) is 11.5. The van der Waals surface area contributed by atoms with Crippen LogP contribution in [0.2, 0.25) is 0 Å². The van der Waals surface area contributed by atoms with Crippen LogP contribution >= 0.6 is 11.3 Å². The molecule has 0 saturated carbocycles. The first-order valence-electron chi connectivity index (χ1n) is 4.73. The quantitative estimate of drug-likeness (QED) is 0.742. The maximum absolute atomic E-state index is 10.7. The summed E-state index contributed by atoms with van der Waals surface area (Å²) in [6, 6.07) is 2.99. The smallest absolute Gasteiger partial charge is 0.320 e. The molecule has 5 nitrogen and oxygen atoms in total. The summed E-state index contributed by atoms with van der Waals surface area (Å²) < 4.78 is 0. The van der Waals surface area contributed by atoms with Gasteiger partial charge in [-0.25, -0.2) is 0 Å². The molecule has 2 rings (SSSR count). The van der Waals surface area contributed by atoms with Gasteiger partial charge in [-0.1, -0.05) is 6.07 Å². The van der Waals surface area contributed by atoms with Crippen molar-refractivity contribution in [3.8, 4) is 10.6 Å². The molecule has 16 heavy (non-hydrogen) atoms. The minimum absolute atomic E-state index is 0.277. The molecule has 2 aromatic heterocycles. The Bertz CT molecular complexity index is 478. The number of carboxylic acid groups (broad SMARTS) is 1. The molecule has 2 aromatic rings. The van der Waals surface area contributed by atoms with E-state index in [0.29, 0.717) is 0 Å². The molecule has 4 N–H and O–H groups in total. The van der Waals surface area contributed by atoms with Gasteiger partial charge < -0.3 is 10.8 Å². The second-order valence-electron chi connectivity index (χ2n) is 3.40. The summed E-state index contributed by atoms with van der Waals surface area (Å²) in [5.41, 5.74) is 7.18. The van der Waals surface area contributed by atoms with Crippen LogP contribution in [0, 0.1) is 0 Å². The number of aliphatic carboxylic acids is 1. The van der Waals surface area contributed by atoms with Gasteiger partial charge in [-0.05, 0) is 11.4 Å². The number of nitrogens with two attached hydrogens (primary N) is 1. The Kier molecular flexibility index (Phi) is 3.02. The number of carbonyl (C=O) groups is 1. The topological polar surface area (TPSA) is 92.0 Å². The number of carboxylic acids is 1. The van der Waals surface area contributed by atoms with E-state index in [2.05, 4.69) is 10.2 Å². The van der Waals surface area contributed by atoms with E-state index in [4.69, 9.17) is 10.8 Å². The van der Waals surface area contributed by atoms with Gasteiger partial charge in [0.15, 0.2) is 0 Å². The standard InChI is InChI=1S/C10H11N3O2S/c11-7(10(14)15)4-6-5-12-13-9(6)8-2-1-3-16-8/h1-3,5,7H,4,11H2,(H,12,13)(H,14,15). The Hall–Kier alpha value is -1.66. The molecule has 0 bridgehead atoms. The van der Waals surface area contributed by atoms with Crippen molar-refractivity contribution in [1.82, 2.24) is 10.2 Å². The lowest BCUT2D eigenvalue weighted by molar-refractivity contribution is -0.138. The zero-order valence-corrected chi connectivity index (χ0v) is 9.20. The highest BCUT2D eigenvalue weighted by Gasteiger charge is 2.16. The van der Waals surface area contributed by atoms with Crippen LogP contribution in [0.4, 0.5) is 0 Å². The van der Waals surface area contributed by atoms with E-state index in [9.17, 15) is 4.79 Å². The summed E-state index contributed by atoms with van der Waals surface area (Å²) in [4.78, 5) is 11.7. The van der Waals surface area contributed by atoms with E-state index in [1.807, 2.05) is 17.5 Å². The Morgan fingerprint density at radius 2 is 2.50 bits per heavy atom. The molecule has 0 aliphatic carbocycles. The maximum Gasteiger partial charge on any atom is 0.320 e. The summed E-state index contributed by atoms with van der Waals surface area (Å²) in [5.74, 6) is -1.00. The average Bonchev–Trinajstić information content (AvgIpc) is 2.85. The first-order chi connectivity index (χ1) is 7.68. The van der Waals surface area contributed by atoms with E-state index >= 15 is 0 Å². The van der Waals surface area contributed by atoms with Crippen molar-refractivity contribution in [2.24, 2.45) is 5.73 Å². The molecule has 0 aliphatic rings. The lowest BCUT2D eigenvalue weighted by Gasteiger charge is -2.05. The lowest BCUT2D eigenvalue weighted by Crippen LogP contribution is -2.32. The third-order valence-corrected chi connectivity index (χ3v) is 3.13. The number of nitrogens with zero attached hydrogens (tertiary/aromatic N) is 1. The Morgan fingerprint density at radius 3 is 3.12 bits per heavy atom. The number of hydrogen-bond acceptors (Lipinski definition) is 4. The molecule has 0 radical (unpaired) electrons. The van der Waals surface area contributed by atoms with Crippen LogP contribution in [-0.4, -0.2) is 27.3 Å². The van der Waals surface area contributed by atoms with Crippen molar-refractivity contribution in [1.29, 1.82) is 0 Å². The first-order valence-corrected chi connectivity index (χ1v) is 5.61. The Morgan fingerprint density at radius 1 is 1.69 bits per heavy atom. The number of aromatic nitrogens is 2. The second kappa shape index (κ2) is 4.46. The highest BCUT2D eigenvalue weighted by atomic mass is 32.1. The third-order valence-electron chi connectivity index (χ3n) is 2.24. The largest absolute Gasteiger partial charge is 0.480 e. The van der Waals surface area contributed by atoms with Crippen LogP contribution in [0.1, 0.15) is 5.56 Å². The Labute approximate surface area is 95.9 Å². The van der Waals surface area contributed by atoms with E-state index in [-0.39, 0.29) is 6.42 Å². The molecule has 0 aromatic carbocycles. The van der Waals surface area contributed by atoms with Crippen LogP contribution in [0.3, 0.4) is 0 Å². The summed E-state index contributed by atoms with van der Waals surface area (Å²) in [5, 5.41) is 17.5. The van der Waals surface area contributed by atoms with E-state index in [1.165, 1.54) is 0 Å². The molecule has 0 aliphatic heterocycles. The fourth-order valence-electron chi connectivity index (χ4n) is 1.42. The van der Waals surface area contributed by atoms with Crippen LogP contribution in [-0.2, 0) is 11.2 Å². The van der Waals surface area contributed by atoms with E-state index < -0.39 is 12.0 Å². The van der Waals surface area contributed by atoms with Gasteiger partial charge in [0.1, 0.15) is 6.04 Å². The number of nitrogens with one attached hydrogen (secondary N) is 1. The molecule has 0 amide bonds. The molecule has 1 unspecified atom stereocenters. The van der Waals surface area contributed by atoms with Gasteiger partial charge in [0.2, 0.25) is 0 Å². The number of hydrogen-bond donors (Lipinski definition) is 3. The van der Waals surface area contributed by atoms with Gasteiger partial charge in [0.25, 0.3) is 0 Å². The molecule has 0 saturated heterocycles. The molecular formula is C10H11N3O2S. The number of aromatic amines is 1. The fraction of sp³-hybridized carbons (Fsp3) is 0.200. The zero-order valence-electron chi connectivity index (χ0n) is 8.38. The van der Waals surface area contributed by atoms with Crippen molar-refractivity contribution in [2.75, 3.05) is 0 Å². The summed E-state index contributed by atoms with van der Waals surface area (Å²) in [7, 11) is 0. The monoisotopic (exact) mass is 237 g/mol. The highest BCUT2D eigenvalue weighted by molar-refractivity contribution is 7.13. The number of H-pyrrole nitrogens is 1. The Balaban J connectivity index is 2.23. The van der Waals surface area contributed by atoms with Crippen molar-refractivity contribution in [3.63, 3.8) is 0 Å². The minimum atomic E-state index is -1.00. The van der Waals surface area contributed by atoms with Crippen molar-refractivity contribution in [3.05, 3.63) is 29.3 Å². The highest BCUT2D eigenvalue weighted by Crippen LogP contribution is 2.26. The van der Waals surface area contributed by atoms with Gasteiger partial charge in [0, 0.05) is 12.0 Å². The predicted molar refractivity (Wildman–Crippen MR) is 61.2 cm³/mol. The molecule has 84 valence electrons. The van der Waals surface area contributed by atoms with Gasteiger partial charge in [-0.2, -0.15) is 5.10 Å². The van der Waals surface area contributed by atoms with Crippen molar-refractivity contribution in [2.45, 2.75) is 12.5 Å². The second-order valence-corrected chi connectivity index (χ2v) is 4.34. The van der Waals surface area contributed by atoms with Gasteiger partial charge in [-0.15, -0.1) is 11.3 Å². The van der Waals surface area contributed by atoms with Crippen LogP contribution < -0.4 is 5.73 Å². The van der Waals surface area contributed by atoms with Crippen LogP contribution in [0.15, 0.2) is 23.7 Å². The predicted octanol–water partition coefficient (Wildman–Crippen LogP) is 1.09. The summed E-state index contributed by atoms with van der Waals surface area (Å²) >= 11 is 1.57. The third kappa shape index (κ3) is 2.12. The fourth-order valence-corrected chi connectivity index (χ4v) is 2.18. The average molecular weight is 237 g/mol. The molecule has 1 atom stereocenters. The summed E-state index contributed by atoms with van der Waals surface area (Å²) in [6.45, 7) is 0. The molecule has 0 fully saturated rings. The first kappa shape index (κ1) is 10.8. The number of rotatable bonds is 4. The minimum Gasteiger partial charge on any atom is -0.480 e. The maximum atomic E-state index is 10.7. The molecule has 6 heteroatoms. The lowest BCUT2D eigenvalue weighted by atomic mass is 10.1. The molecule has 2 heterocycles.